The van der Waals surface area contributed by atoms with Gasteiger partial charge in [0.05, 0.1) is 19.3 Å². The summed E-state index contributed by atoms with van der Waals surface area (Å²) in [5, 5.41) is 2.96. The second-order valence-corrected chi connectivity index (χ2v) is 5.09. The van der Waals surface area contributed by atoms with Gasteiger partial charge >= 0.3 is 0 Å². The Hall–Kier alpha value is -0.0700. The molecule has 2 unspecified atom stereocenters. The molecule has 1 amide bonds. The van der Waals surface area contributed by atoms with Crippen molar-refractivity contribution in [1.82, 2.24) is 10.2 Å². The fourth-order valence-electron chi connectivity index (χ4n) is 1.86. The zero-order valence-electron chi connectivity index (χ0n) is 11.9. The summed E-state index contributed by atoms with van der Waals surface area (Å²) >= 11 is 0. The first-order valence-electron chi connectivity index (χ1n) is 6.36. The van der Waals surface area contributed by atoms with Crippen molar-refractivity contribution in [3.63, 3.8) is 0 Å². The molecule has 0 bridgehead atoms. The molecule has 1 rings (SSSR count). The number of nitrogens with two attached hydrogens (primary N) is 1. The molecular weight excluding hydrogens is 289 g/mol. The lowest BCUT2D eigenvalue weighted by atomic mass is 10.0. The zero-order chi connectivity index (χ0) is 12.8. The molecule has 1 aliphatic heterocycles. The second kappa shape index (κ2) is 10.7. The van der Waals surface area contributed by atoms with E-state index in [1.807, 2.05) is 20.8 Å². The van der Waals surface area contributed by atoms with Gasteiger partial charge in [-0.1, -0.05) is 13.8 Å². The molecule has 0 spiro atoms. The van der Waals surface area contributed by atoms with E-state index in [4.69, 9.17) is 10.5 Å². The second-order valence-electron chi connectivity index (χ2n) is 5.09. The number of ether oxygens (including phenoxy) is 1. The van der Waals surface area contributed by atoms with Crippen molar-refractivity contribution in [2.75, 3.05) is 32.8 Å². The molecule has 0 radical (unpaired) electrons. The number of hydrogen-bond donors (Lipinski definition) is 2. The summed E-state index contributed by atoms with van der Waals surface area (Å²) in [6.45, 7) is 10.2. The molecule has 5 nitrogen and oxygen atoms in total. The summed E-state index contributed by atoms with van der Waals surface area (Å²) in [5.74, 6) is 0.117. The molecule has 0 saturated carbocycles. The van der Waals surface area contributed by atoms with E-state index in [1.165, 1.54) is 0 Å². The first-order chi connectivity index (χ1) is 8.00. The van der Waals surface area contributed by atoms with Gasteiger partial charge in [-0.25, -0.2) is 0 Å². The standard InChI is InChI=1S/C12H25N3O2.2ClH/c1-9(2)11(13)12(16)14-10(3)8-15-4-6-17-7-5-15;;/h9-11H,4-8,13H2,1-3H3,(H,14,16);2*1H. The lowest BCUT2D eigenvalue weighted by Gasteiger charge is -2.30. The summed E-state index contributed by atoms with van der Waals surface area (Å²) in [6, 6.07) is -0.285. The van der Waals surface area contributed by atoms with Crippen molar-refractivity contribution >= 4 is 30.7 Å². The van der Waals surface area contributed by atoms with Gasteiger partial charge in [0.1, 0.15) is 0 Å². The van der Waals surface area contributed by atoms with Gasteiger partial charge in [0.15, 0.2) is 0 Å². The van der Waals surface area contributed by atoms with Gasteiger partial charge < -0.3 is 15.8 Å². The van der Waals surface area contributed by atoms with Gasteiger partial charge in [0.2, 0.25) is 5.91 Å². The molecule has 7 heteroatoms. The minimum absolute atomic E-state index is 0. The highest BCUT2D eigenvalue weighted by molar-refractivity contribution is 5.85. The molecule has 0 aliphatic carbocycles. The van der Waals surface area contributed by atoms with Gasteiger partial charge in [0, 0.05) is 25.7 Å². The number of hydrogen-bond acceptors (Lipinski definition) is 4. The van der Waals surface area contributed by atoms with Crippen LogP contribution in [0.2, 0.25) is 0 Å². The fraction of sp³-hybridized carbons (Fsp3) is 0.917. The Morgan fingerprint density at radius 1 is 1.26 bits per heavy atom. The van der Waals surface area contributed by atoms with Crippen molar-refractivity contribution in [3.8, 4) is 0 Å². The van der Waals surface area contributed by atoms with Crippen LogP contribution in [0.25, 0.3) is 0 Å². The molecule has 19 heavy (non-hydrogen) atoms. The number of halogens is 2. The minimum atomic E-state index is -0.415. The van der Waals surface area contributed by atoms with E-state index < -0.39 is 6.04 Å². The molecule has 2 atom stereocenters. The highest BCUT2D eigenvalue weighted by atomic mass is 35.5. The largest absolute Gasteiger partial charge is 0.379 e. The van der Waals surface area contributed by atoms with E-state index in [9.17, 15) is 4.79 Å². The molecule has 1 saturated heterocycles. The lowest BCUT2D eigenvalue weighted by Crippen LogP contribution is -2.51. The molecule has 1 aliphatic rings. The Kier molecular flexibility index (Phi) is 11.9. The highest BCUT2D eigenvalue weighted by Gasteiger charge is 2.20. The number of nitrogens with one attached hydrogen (secondary N) is 1. The van der Waals surface area contributed by atoms with Gasteiger partial charge in [-0.2, -0.15) is 0 Å². The summed E-state index contributed by atoms with van der Waals surface area (Å²) in [7, 11) is 0. The van der Waals surface area contributed by atoms with Crippen LogP contribution < -0.4 is 11.1 Å². The van der Waals surface area contributed by atoms with Crippen LogP contribution in [0.15, 0.2) is 0 Å². The van der Waals surface area contributed by atoms with E-state index in [0.29, 0.717) is 0 Å². The first-order valence-corrected chi connectivity index (χ1v) is 6.36. The Morgan fingerprint density at radius 3 is 2.26 bits per heavy atom. The van der Waals surface area contributed by atoms with Crippen LogP contribution in [-0.2, 0) is 9.53 Å². The van der Waals surface area contributed by atoms with Crippen LogP contribution in [0.5, 0.6) is 0 Å². The van der Waals surface area contributed by atoms with E-state index in [1.54, 1.807) is 0 Å². The first kappa shape index (κ1) is 21.2. The smallest absolute Gasteiger partial charge is 0.237 e. The molecule has 1 fully saturated rings. The van der Waals surface area contributed by atoms with Gasteiger partial charge in [-0.3, -0.25) is 9.69 Å². The van der Waals surface area contributed by atoms with Crippen LogP contribution in [0, 0.1) is 5.92 Å². The number of nitrogens with zero attached hydrogens (tertiary/aromatic N) is 1. The van der Waals surface area contributed by atoms with Gasteiger partial charge in [-0.05, 0) is 12.8 Å². The summed E-state index contributed by atoms with van der Waals surface area (Å²) in [6.07, 6.45) is 0. The summed E-state index contributed by atoms with van der Waals surface area (Å²) in [5.41, 5.74) is 5.80. The average Bonchev–Trinajstić information content (AvgIpc) is 2.28. The molecule has 3 N–H and O–H groups in total. The quantitative estimate of drug-likeness (QED) is 0.781. The van der Waals surface area contributed by atoms with E-state index in [2.05, 4.69) is 10.2 Å². The molecule has 116 valence electrons. The predicted molar refractivity (Wildman–Crippen MR) is 82.2 cm³/mol. The maximum Gasteiger partial charge on any atom is 0.237 e. The third kappa shape index (κ3) is 7.95. The van der Waals surface area contributed by atoms with Gasteiger partial charge in [-0.15, -0.1) is 24.8 Å². The molecular formula is C12H27Cl2N3O2. The average molecular weight is 316 g/mol. The maximum absolute atomic E-state index is 11.8. The third-order valence-corrected chi connectivity index (χ3v) is 3.05. The van der Waals surface area contributed by atoms with E-state index in [-0.39, 0.29) is 42.7 Å². The van der Waals surface area contributed by atoms with Crippen LogP contribution in [0.3, 0.4) is 0 Å². The van der Waals surface area contributed by atoms with Crippen molar-refractivity contribution in [2.24, 2.45) is 11.7 Å². The topological polar surface area (TPSA) is 67.6 Å². The SMILES string of the molecule is CC(CN1CCOCC1)NC(=O)C(N)C(C)C.Cl.Cl. The molecule has 1 heterocycles. The zero-order valence-corrected chi connectivity index (χ0v) is 13.6. The van der Waals surface area contributed by atoms with Crippen LogP contribution in [-0.4, -0.2) is 55.7 Å². The summed E-state index contributed by atoms with van der Waals surface area (Å²) in [4.78, 5) is 14.1. The number of morpholine rings is 1. The van der Waals surface area contributed by atoms with Gasteiger partial charge in [0.25, 0.3) is 0 Å². The van der Waals surface area contributed by atoms with Crippen LogP contribution in [0.4, 0.5) is 0 Å². The molecule has 0 aromatic carbocycles. The van der Waals surface area contributed by atoms with Crippen LogP contribution >= 0.6 is 24.8 Å². The molecule has 0 aromatic rings. The number of rotatable bonds is 5. The van der Waals surface area contributed by atoms with Crippen molar-refractivity contribution in [3.05, 3.63) is 0 Å². The van der Waals surface area contributed by atoms with Crippen LogP contribution in [0.1, 0.15) is 20.8 Å². The fourth-order valence-corrected chi connectivity index (χ4v) is 1.86. The number of carbonyl (C=O) groups is 1. The van der Waals surface area contributed by atoms with Crippen molar-refractivity contribution in [2.45, 2.75) is 32.9 Å². The normalized spacial score (nSPS) is 19.0. The Balaban J connectivity index is 0. The monoisotopic (exact) mass is 315 g/mol. The van der Waals surface area contributed by atoms with E-state index >= 15 is 0 Å². The minimum Gasteiger partial charge on any atom is -0.379 e. The maximum atomic E-state index is 11.8. The Labute approximate surface area is 128 Å². The van der Waals surface area contributed by atoms with Crippen molar-refractivity contribution < 1.29 is 9.53 Å². The van der Waals surface area contributed by atoms with Crippen molar-refractivity contribution in [1.29, 1.82) is 0 Å². The predicted octanol–water partition coefficient (Wildman–Crippen LogP) is 0.650. The number of amides is 1. The van der Waals surface area contributed by atoms with E-state index in [0.717, 1.165) is 32.8 Å². The highest BCUT2D eigenvalue weighted by Crippen LogP contribution is 2.01. The third-order valence-electron chi connectivity index (χ3n) is 3.05. The number of carbonyl (C=O) groups excluding carboxylic acids is 1. The Morgan fingerprint density at radius 2 is 1.79 bits per heavy atom. The molecule has 0 aromatic heterocycles. The lowest BCUT2D eigenvalue weighted by molar-refractivity contribution is -0.124. The Bertz CT molecular complexity index is 249. The summed E-state index contributed by atoms with van der Waals surface area (Å²) < 4.78 is 5.28.